The quantitative estimate of drug-likeness (QED) is 0.836. The summed E-state index contributed by atoms with van der Waals surface area (Å²) in [5, 5.41) is 1.99. The second kappa shape index (κ2) is 6.47. The molecule has 2 amide bonds. The lowest BCUT2D eigenvalue weighted by atomic mass is 10.1. The predicted octanol–water partition coefficient (Wildman–Crippen LogP) is 2.18. The Morgan fingerprint density at radius 1 is 1.35 bits per heavy atom. The van der Waals surface area contributed by atoms with E-state index in [-0.39, 0.29) is 23.7 Å². The van der Waals surface area contributed by atoms with Crippen LogP contribution in [0.15, 0.2) is 18.2 Å². The Bertz CT molecular complexity index is 520. The Balaban J connectivity index is 2.67. The molecule has 0 atom stereocenters. The van der Waals surface area contributed by atoms with E-state index < -0.39 is 23.7 Å². The minimum Gasteiger partial charge on any atom is -0.448 e. The van der Waals surface area contributed by atoms with Gasteiger partial charge in [-0.15, -0.1) is 0 Å². The largest absolute Gasteiger partial charge is 0.448 e. The fourth-order valence-electron chi connectivity index (χ4n) is 1.29. The van der Waals surface area contributed by atoms with Gasteiger partial charge in [-0.2, -0.15) is 13.2 Å². The third-order valence-electron chi connectivity index (χ3n) is 2.17. The van der Waals surface area contributed by atoms with E-state index >= 15 is 0 Å². The first-order chi connectivity index (χ1) is 9.21. The maximum absolute atomic E-state index is 12.4. The summed E-state index contributed by atoms with van der Waals surface area (Å²) in [7, 11) is 0. The van der Waals surface area contributed by atoms with Gasteiger partial charge in [0.05, 0.1) is 22.7 Å². The number of nitrogens with two attached hydrogens (primary N) is 1. The van der Waals surface area contributed by atoms with Gasteiger partial charge in [-0.05, 0) is 18.2 Å². The summed E-state index contributed by atoms with van der Waals surface area (Å²) in [6.07, 6.45) is -5.53. The molecule has 1 aromatic rings. The summed E-state index contributed by atoms with van der Waals surface area (Å²) >= 11 is 5.63. The summed E-state index contributed by atoms with van der Waals surface area (Å²) in [6.45, 7) is -0.196. The van der Waals surface area contributed by atoms with Crippen LogP contribution in [0.5, 0.6) is 0 Å². The van der Waals surface area contributed by atoms with Crippen molar-refractivity contribution in [1.29, 1.82) is 0 Å². The maximum Gasteiger partial charge on any atom is 0.416 e. The number of hydrogen-bond donors (Lipinski definition) is 2. The van der Waals surface area contributed by atoms with Gasteiger partial charge in [0, 0.05) is 0 Å². The first-order valence-corrected chi connectivity index (χ1v) is 5.67. The highest BCUT2D eigenvalue weighted by atomic mass is 35.5. The van der Waals surface area contributed by atoms with Crippen molar-refractivity contribution in [2.24, 2.45) is 5.73 Å². The second-order valence-corrected chi connectivity index (χ2v) is 4.02. The van der Waals surface area contributed by atoms with Crippen LogP contribution in [0, 0.1) is 0 Å². The molecule has 0 aromatic heterocycles. The van der Waals surface area contributed by atoms with Gasteiger partial charge in [0.15, 0.2) is 0 Å². The number of benzene rings is 1. The highest BCUT2D eigenvalue weighted by Gasteiger charge is 2.31. The number of rotatable bonds is 4. The van der Waals surface area contributed by atoms with Crippen molar-refractivity contribution in [3.63, 3.8) is 0 Å². The molecule has 1 aromatic carbocycles. The van der Waals surface area contributed by atoms with Crippen LogP contribution in [0.1, 0.15) is 15.9 Å². The Morgan fingerprint density at radius 2 is 2.00 bits per heavy atom. The van der Waals surface area contributed by atoms with Crippen LogP contribution in [0.4, 0.5) is 18.0 Å². The van der Waals surface area contributed by atoms with E-state index in [9.17, 15) is 22.8 Å². The van der Waals surface area contributed by atoms with Crippen LogP contribution in [-0.4, -0.2) is 25.2 Å². The van der Waals surface area contributed by atoms with E-state index in [1.54, 1.807) is 0 Å². The molecule has 0 radical (unpaired) electrons. The van der Waals surface area contributed by atoms with Crippen LogP contribution in [0.3, 0.4) is 0 Å². The normalized spacial score (nSPS) is 11.0. The standard InChI is InChI=1S/C11H10ClF3N2O3/c12-8-5-6(11(13,14)15)1-2-7(8)9(18)17-3-4-20-10(16)19/h1-2,5H,3-4H2,(H2,16,19)(H,17,18). The number of alkyl halides is 3. The van der Waals surface area contributed by atoms with E-state index in [1.807, 2.05) is 0 Å². The smallest absolute Gasteiger partial charge is 0.416 e. The molecule has 0 heterocycles. The number of halogens is 4. The van der Waals surface area contributed by atoms with E-state index in [2.05, 4.69) is 10.1 Å². The van der Waals surface area contributed by atoms with Crippen molar-refractivity contribution in [2.45, 2.75) is 6.18 Å². The number of carbonyl (C=O) groups excluding carboxylic acids is 2. The molecule has 0 saturated heterocycles. The number of amides is 2. The maximum atomic E-state index is 12.4. The Morgan fingerprint density at radius 3 is 2.50 bits per heavy atom. The molecule has 3 N–H and O–H groups in total. The molecular formula is C11H10ClF3N2O3. The van der Waals surface area contributed by atoms with Gasteiger partial charge >= 0.3 is 12.3 Å². The second-order valence-electron chi connectivity index (χ2n) is 3.62. The Hall–Kier alpha value is -1.96. The zero-order chi connectivity index (χ0) is 15.3. The summed E-state index contributed by atoms with van der Waals surface area (Å²) in [5.74, 6) is -0.684. The monoisotopic (exact) mass is 310 g/mol. The molecule has 9 heteroatoms. The average Bonchev–Trinajstić information content (AvgIpc) is 2.32. The van der Waals surface area contributed by atoms with Crippen LogP contribution in [0.25, 0.3) is 0 Å². The first kappa shape index (κ1) is 16.1. The molecule has 0 aliphatic rings. The van der Waals surface area contributed by atoms with Crippen LogP contribution >= 0.6 is 11.6 Å². The SMILES string of the molecule is NC(=O)OCCNC(=O)c1ccc(C(F)(F)F)cc1Cl. The molecule has 0 aliphatic heterocycles. The van der Waals surface area contributed by atoms with Gasteiger partial charge in [0.2, 0.25) is 0 Å². The first-order valence-electron chi connectivity index (χ1n) is 5.29. The summed E-state index contributed by atoms with van der Waals surface area (Å²) < 4.78 is 41.6. The molecule has 0 bridgehead atoms. The van der Waals surface area contributed by atoms with Crippen LogP contribution in [0.2, 0.25) is 5.02 Å². The molecule has 0 aliphatic carbocycles. The van der Waals surface area contributed by atoms with Crippen molar-refractivity contribution in [3.8, 4) is 0 Å². The van der Waals surface area contributed by atoms with Gasteiger partial charge in [0.25, 0.3) is 5.91 Å². The molecule has 0 fully saturated rings. The summed E-state index contributed by atoms with van der Waals surface area (Å²) in [4.78, 5) is 21.9. The molecule has 1 rings (SSSR count). The third kappa shape index (κ3) is 4.61. The fourth-order valence-corrected chi connectivity index (χ4v) is 1.55. The Labute approximate surface area is 116 Å². The van der Waals surface area contributed by atoms with Crippen molar-refractivity contribution >= 4 is 23.6 Å². The van der Waals surface area contributed by atoms with E-state index in [1.165, 1.54) is 0 Å². The van der Waals surface area contributed by atoms with Crippen molar-refractivity contribution in [3.05, 3.63) is 34.3 Å². The molecule has 5 nitrogen and oxygen atoms in total. The average molecular weight is 311 g/mol. The zero-order valence-corrected chi connectivity index (χ0v) is 10.7. The van der Waals surface area contributed by atoms with Crippen molar-refractivity contribution in [2.75, 3.05) is 13.2 Å². The fraction of sp³-hybridized carbons (Fsp3) is 0.273. The van der Waals surface area contributed by atoms with Gasteiger partial charge in [-0.25, -0.2) is 4.79 Å². The molecule has 20 heavy (non-hydrogen) atoms. The predicted molar refractivity (Wildman–Crippen MR) is 64.3 cm³/mol. The number of ether oxygens (including phenoxy) is 1. The lowest BCUT2D eigenvalue weighted by Crippen LogP contribution is -2.29. The molecule has 110 valence electrons. The summed E-state index contributed by atoms with van der Waals surface area (Å²) in [5.41, 5.74) is 3.64. The number of carbonyl (C=O) groups is 2. The summed E-state index contributed by atoms with van der Waals surface area (Å²) in [6, 6.07) is 2.38. The molecule has 0 spiro atoms. The number of primary amides is 1. The van der Waals surface area contributed by atoms with Gasteiger partial charge in [-0.1, -0.05) is 11.6 Å². The van der Waals surface area contributed by atoms with Crippen LogP contribution in [-0.2, 0) is 10.9 Å². The lowest BCUT2D eigenvalue weighted by molar-refractivity contribution is -0.137. The molecule has 0 unspecified atom stereocenters. The van der Waals surface area contributed by atoms with Gasteiger partial charge in [-0.3, -0.25) is 4.79 Å². The van der Waals surface area contributed by atoms with E-state index in [0.717, 1.165) is 12.1 Å². The minimum atomic E-state index is -4.53. The van der Waals surface area contributed by atoms with Gasteiger partial charge < -0.3 is 15.8 Å². The Kier molecular flexibility index (Phi) is 5.20. The highest BCUT2D eigenvalue weighted by Crippen LogP contribution is 2.31. The van der Waals surface area contributed by atoms with Gasteiger partial charge in [0.1, 0.15) is 6.61 Å². The lowest BCUT2D eigenvalue weighted by Gasteiger charge is -2.10. The van der Waals surface area contributed by atoms with E-state index in [0.29, 0.717) is 6.07 Å². The molecule has 0 saturated carbocycles. The number of nitrogens with one attached hydrogen (secondary N) is 1. The van der Waals surface area contributed by atoms with Crippen LogP contribution < -0.4 is 11.1 Å². The zero-order valence-electron chi connectivity index (χ0n) is 9.96. The third-order valence-corrected chi connectivity index (χ3v) is 2.49. The molecular weight excluding hydrogens is 301 g/mol. The number of hydrogen-bond acceptors (Lipinski definition) is 3. The topological polar surface area (TPSA) is 81.4 Å². The highest BCUT2D eigenvalue weighted by molar-refractivity contribution is 6.33. The van der Waals surface area contributed by atoms with Crippen molar-refractivity contribution < 1.29 is 27.5 Å². The van der Waals surface area contributed by atoms with E-state index in [4.69, 9.17) is 17.3 Å². The van der Waals surface area contributed by atoms with Crippen molar-refractivity contribution in [1.82, 2.24) is 5.32 Å². The minimum absolute atomic E-state index is 0.0425.